The molecule has 0 spiro atoms. The molecule has 0 heterocycles. The quantitative estimate of drug-likeness (QED) is 0.536. The Kier molecular flexibility index (Phi) is 5.43. The number of carbonyl (C=O) groups is 2. The lowest BCUT2D eigenvalue weighted by atomic mass is 10.1. The maximum Gasteiger partial charge on any atom is 0.411 e. The summed E-state index contributed by atoms with van der Waals surface area (Å²) in [7, 11) is 0. The van der Waals surface area contributed by atoms with E-state index in [-0.39, 0.29) is 6.42 Å². The molecule has 2 aromatic carbocycles. The number of hydrogen-bond acceptors (Lipinski definition) is 3. The first kappa shape index (κ1) is 18.2. The second kappa shape index (κ2) is 7.75. The van der Waals surface area contributed by atoms with Crippen molar-refractivity contribution in [2.24, 2.45) is 0 Å². The number of benzene rings is 2. The number of carbonyl (C=O) groups excluding carboxylic acids is 2. The molecule has 1 aliphatic rings. The fourth-order valence-corrected chi connectivity index (χ4v) is 3.59. The molecule has 1 aliphatic carbocycles. The van der Waals surface area contributed by atoms with Gasteiger partial charge in [-0.05, 0) is 36.1 Å². The Bertz CT molecular complexity index is 803. The van der Waals surface area contributed by atoms with Crippen LogP contribution in [-0.2, 0) is 9.53 Å². The number of fused-ring (bicyclic) bond motifs is 3. The smallest absolute Gasteiger partial charge is 0.411 e. The highest BCUT2D eigenvalue weighted by molar-refractivity contribution is 6.64. The summed E-state index contributed by atoms with van der Waals surface area (Å²) in [5.41, 5.74) is 3.99. The van der Waals surface area contributed by atoms with Gasteiger partial charge in [0.1, 0.15) is 6.04 Å². The predicted molar refractivity (Wildman–Crippen MR) is 102 cm³/mol. The Labute approximate surface area is 158 Å². The van der Waals surface area contributed by atoms with Crippen LogP contribution in [0.1, 0.15) is 30.6 Å². The van der Waals surface area contributed by atoms with Gasteiger partial charge in [0.05, 0.1) is 0 Å². The summed E-state index contributed by atoms with van der Waals surface area (Å²) in [5, 5.41) is -0.601. The maximum absolute atomic E-state index is 12.8. The van der Waals surface area contributed by atoms with Crippen molar-refractivity contribution in [2.75, 3.05) is 6.54 Å². The first-order valence-corrected chi connectivity index (χ1v) is 8.92. The third-order valence-electron chi connectivity index (χ3n) is 4.60. The second-order valence-corrected chi connectivity index (χ2v) is 6.44. The summed E-state index contributed by atoms with van der Waals surface area (Å²) in [4.78, 5) is 25.9. The van der Waals surface area contributed by atoms with Crippen LogP contribution >= 0.6 is 11.6 Å². The first-order chi connectivity index (χ1) is 12.6. The third-order valence-corrected chi connectivity index (χ3v) is 4.85. The van der Waals surface area contributed by atoms with E-state index in [4.69, 9.17) is 16.3 Å². The molecule has 4 nitrogen and oxygen atoms in total. The summed E-state index contributed by atoms with van der Waals surface area (Å²) < 4.78 is 5.84. The van der Waals surface area contributed by atoms with Gasteiger partial charge in [-0.15, -0.1) is 6.58 Å². The zero-order chi connectivity index (χ0) is 18.7. The molecule has 134 valence electrons. The van der Waals surface area contributed by atoms with E-state index < -0.39 is 23.5 Å². The van der Waals surface area contributed by atoms with E-state index >= 15 is 0 Å². The van der Waals surface area contributed by atoms with Gasteiger partial charge in [0.25, 0.3) is 0 Å². The molecule has 0 bridgehead atoms. The predicted octanol–water partition coefficient (Wildman–Crippen LogP) is 4.93. The average Bonchev–Trinajstić information content (AvgIpc) is 2.96. The lowest BCUT2D eigenvalue weighted by Gasteiger charge is -2.28. The summed E-state index contributed by atoms with van der Waals surface area (Å²) in [6, 6.07) is 14.9. The highest BCUT2D eigenvalue weighted by Crippen LogP contribution is 2.45. The van der Waals surface area contributed by atoms with Crippen molar-refractivity contribution < 1.29 is 14.3 Å². The van der Waals surface area contributed by atoms with Gasteiger partial charge in [-0.2, -0.15) is 0 Å². The Balaban J connectivity index is 1.91. The van der Waals surface area contributed by atoms with Crippen molar-refractivity contribution in [1.82, 2.24) is 4.90 Å². The molecule has 5 heteroatoms. The maximum atomic E-state index is 12.8. The van der Waals surface area contributed by atoms with Crippen LogP contribution in [-0.4, -0.2) is 28.8 Å². The zero-order valence-corrected chi connectivity index (χ0v) is 15.3. The normalized spacial score (nSPS) is 13.5. The number of nitrogens with zero attached hydrogens (tertiary/aromatic N) is 1. The molecule has 0 aromatic heterocycles. The Morgan fingerprint density at radius 2 is 1.69 bits per heavy atom. The van der Waals surface area contributed by atoms with E-state index in [9.17, 15) is 9.59 Å². The van der Waals surface area contributed by atoms with E-state index in [1.165, 1.54) is 4.90 Å². The molecular formula is C21H20ClNO3. The number of ether oxygens (including phenoxy) is 1. The summed E-state index contributed by atoms with van der Waals surface area (Å²) in [5.74, 6) is 0. The lowest BCUT2D eigenvalue weighted by Crippen LogP contribution is -2.44. The lowest BCUT2D eigenvalue weighted by molar-refractivity contribution is -0.116. The van der Waals surface area contributed by atoms with Crippen LogP contribution in [0.5, 0.6) is 0 Å². The number of hydrogen-bond donors (Lipinski definition) is 0. The molecule has 0 N–H and O–H groups in total. The Morgan fingerprint density at radius 1 is 1.15 bits per heavy atom. The third kappa shape index (κ3) is 3.25. The van der Waals surface area contributed by atoms with E-state index in [1.54, 1.807) is 13.0 Å². The molecular weight excluding hydrogens is 350 g/mol. The van der Waals surface area contributed by atoms with Gasteiger partial charge in [-0.3, -0.25) is 9.69 Å². The van der Waals surface area contributed by atoms with E-state index in [1.807, 2.05) is 48.5 Å². The topological polar surface area (TPSA) is 46.6 Å². The summed E-state index contributed by atoms with van der Waals surface area (Å²) in [6.07, 6.45) is 0.785. The average molecular weight is 370 g/mol. The Hall–Kier alpha value is -2.59. The minimum atomic E-state index is -0.779. The molecule has 2 aromatic rings. The van der Waals surface area contributed by atoms with Crippen LogP contribution in [0.3, 0.4) is 0 Å². The van der Waals surface area contributed by atoms with Crippen LogP contribution in [0.4, 0.5) is 4.79 Å². The van der Waals surface area contributed by atoms with Crippen molar-refractivity contribution in [3.8, 4) is 11.1 Å². The minimum Gasteiger partial charge on any atom is -0.436 e. The summed E-state index contributed by atoms with van der Waals surface area (Å²) >= 11 is 5.68. The number of rotatable bonds is 6. The zero-order valence-electron chi connectivity index (χ0n) is 14.5. The molecule has 0 saturated heterocycles. The van der Waals surface area contributed by atoms with Crippen molar-refractivity contribution in [1.29, 1.82) is 0 Å². The van der Waals surface area contributed by atoms with Crippen molar-refractivity contribution in [3.05, 3.63) is 72.3 Å². The SMILES string of the molecule is C=CC[C@@H](C(=O)Cl)N(CC)C(=O)OC1c2ccccc2-c2ccccc21. The van der Waals surface area contributed by atoms with Crippen LogP contribution in [0, 0.1) is 0 Å². The molecule has 3 rings (SSSR count). The fraction of sp³-hybridized carbons (Fsp3) is 0.238. The monoisotopic (exact) mass is 369 g/mol. The van der Waals surface area contributed by atoms with Gasteiger partial charge in [-0.25, -0.2) is 4.79 Å². The fourth-order valence-electron chi connectivity index (χ4n) is 3.38. The largest absolute Gasteiger partial charge is 0.436 e. The second-order valence-electron chi connectivity index (χ2n) is 6.07. The molecule has 0 unspecified atom stereocenters. The minimum absolute atomic E-state index is 0.281. The molecule has 0 saturated carbocycles. The Morgan fingerprint density at radius 3 is 2.15 bits per heavy atom. The first-order valence-electron chi connectivity index (χ1n) is 8.54. The number of halogens is 1. The van der Waals surface area contributed by atoms with Gasteiger partial charge < -0.3 is 4.74 Å². The molecule has 0 aliphatic heterocycles. The van der Waals surface area contributed by atoms with Crippen LogP contribution in [0.25, 0.3) is 11.1 Å². The standard InChI is InChI=1S/C21H20ClNO3/c1-3-9-18(20(22)24)23(4-2)21(25)26-19-16-12-7-5-10-14(16)15-11-6-8-13-17(15)19/h3,5-8,10-13,18-19H,1,4,9H2,2H3/t18-/m0/s1. The molecule has 0 fully saturated rings. The molecule has 26 heavy (non-hydrogen) atoms. The molecule has 0 radical (unpaired) electrons. The van der Waals surface area contributed by atoms with E-state index in [2.05, 4.69) is 6.58 Å². The van der Waals surface area contributed by atoms with Gasteiger partial charge in [0.2, 0.25) is 5.24 Å². The van der Waals surface area contributed by atoms with Crippen LogP contribution < -0.4 is 0 Å². The van der Waals surface area contributed by atoms with Gasteiger partial charge in [0.15, 0.2) is 6.10 Å². The van der Waals surface area contributed by atoms with Gasteiger partial charge in [0, 0.05) is 17.7 Å². The molecule has 1 amide bonds. The number of amides is 1. The van der Waals surface area contributed by atoms with E-state index in [0.717, 1.165) is 22.3 Å². The van der Waals surface area contributed by atoms with E-state index in [0.29, 0.717) is 6.54 Å². The van der Waals surface area contributed by atoms with Crippen molar-refractivity contribution >= 4 is 22.9 Å². The summed E-state index contributed by atoms with van der Waals surface area (Å²) in [6.45, 7) is 5.73. The van der Waals surface area contributed by atoms with Crippen LogP contribution in [0.2, 0.25) is 0 Å². The number of likely N-dealkylation sites (N-methyl/N-ethyl adjacent to an activating group) is 1. The highest BCUT2D eigenvalue weighted by atomic mass is 35.5. The van der Waals surface area contributed by atoms with Crippen LogP contribution in [0.15, 0.2) is 61.2 Å². The van der Waals surface area contributed by atoms with Crippen molar-refractivity contribution in [3.63, 3.8) is 0 Å². The highest BCUT2D eigenvalue weighted by Gasteiger charge is 2.34. The van der Waals surface area contributed by atoms with Crippen molar-refractivity contribution in [2.45, 2.75) is 25.5 Å². The molecule has 1 atom stereocenters. The van der Waals surface area contributed by atoms with Gasteiger partial charge >= 0.3 is 6.09 Å². The van der Waals surface area contributed by atoms with Gasteiger partial charge in [-0.1, -0.05) is 54.6 Å².